The summed E-state index contributed by atoms with van der Waals surface area (Å²) < 4.78 is 74.2. The molecular formula is C21H16F5N5O5S. The van der Waals surface area contributed by atoms with E-state index in [4.69, 9.17) is 4.74 Å². The molecule has 0 aliphatic rings. The number of urea groups is 1. The number of ether oxygens (including phenoxy) is 2. The highest BCUT2D eigenvalue weighted by Gasteiger charge is 2.35. The van der Waals surface area contributed by atoms with Gasteiger partial charge in [-0.05, 0) is 6.07 Å². The summed E-state index contributed by atoms with van der Waals surface area (Å²) in [6, 6.07) is 0.127. The van der Waals surface area contributed by atoms with Crippen LogP contribution < -0.4 is 10.6 Å². The number of carbonyl (C=O) groups is 3. The molecule has 0 fully saturated rings. The molecule has 3 aromatic heterocycles. The van der Waals surface area contributed by atoms with Gasteiger partial charge >= 0.3 is 24.1 Å². The van der Waals surface area contributed by atoms with Crippen molar-refractivity contribution in [3.8, 4) is 21.7 Å². The van der Waals surface area contributed by atoms with E-state index in [1.807, 2.05) is 5.32 Å². The maximum absolute atomic E-state index is 13.3. The smallest absolute Gasteiger partial charge is 0.434 e. The summed E-state index contributed by atoms with van der Waals surface area (Å²) in [7, 11) is 2.10. The van der Waals surface area contributed by atoms with Gasteiger partial charge in [-0.15, -0.1) is 11.3 Å². The van der Waals surface area contributed by atoms with Crippen LogP contribution in [0.25, 0.3) is 21.7 Å². The van der Waals surface area contributed by atoms with Gasteiger partial charge in [0, 0.05) is 40.7 Å². The number of esters is 2. The second-order valence-corrected chi connectivity index (χ2v) is 7.84. The van der Waals surface area contributed by atoms with Crippen molar-refractivity contribution in [2.75, 3.05) is 26.1 Å². The van der Waals surface area contributed by atoms with Crippen LogP contribution in [0.5, 0.6) is 0 Å². The molecule has 3 heterocycles. The number of methoxy groups -OCH3 is 2. The molecule has 0 unspecified atom stereocenters. The van der Waals surface area contributed by atoms with E-state index in [1.54, 1.807) is 0 Å². The number of halogens is 5. The molecule has 2 amide bonds. The third kappa shape index (κ3) is 6.32. The SMILES string of the molecule is COC(=O)c1cncc(-c2cnc(NC(=O)NCC(F)F)c(C(=O)OC)c2-c2nc(C(F)(F)F)cs2)c1. The number of nitrogens with zero attached hydrogens (tertiary/aromatic N) is 3. The summed E-state index contributed by atoms with van der Waals surface area (Å²) >= 11 is 0.531. The van der Waals surface area contributed by atoms with Crippen molar-refractivity contribution in [1.29, 1.82) is 0 Å². The first kappa shape index (κ1) is 27.4. The number of rotatable bonds is 7. The van der Waals surface area contributed by atoms with Crippen molar-refractivity contribution < 1.29 is 45.8 Å². The Morgan fingerprint density at radius 3 is 2.38 bits per heavy atom. The molecule has 16 heteroatoms. The van der Waals surface area contributed by atoms with Gasteiger partial charge in [0.1, 0.15) is 16.4 Å². The number of pyridine rings is 2. The van der Waals surface area contributed by atoms with Crippen molar-refractivity contribution in [2.45, 2.75) is 12.6 Å². The molecule has 0 bridgehead atoms. The van der Waals surface area contributed by atoms with Gasteiger partial charge in [0.15, 0.2) is 5.69 Å². The van der Waals surface area contributed by atoms with Crippen molar-refractivity contribution >= 4 is 35.1 Å². The topological polar surface area (TPSA) is 132 Å². The lowest BCUT2D eigenvalue weighted by molar-refractivity contribution is -0.140. The van der Waals surface area contributed by atoms with E-state index in [0.29, 0.717) is 16.7 Å². The number of thiazole rings is 1. The average molecular weight is 545 g/mol. The van der Waals surface area contributed by atoms with Crippen molar-refractivity contribution in [3.63, 3.8) is 0 Å². The number of carbonyl (C=O) groups excluding carboxylic acids is 3. The molecular weight excluding hydrogens is 529 g/mol. The second kappa shape index (κ2) is 11.2. The van der Waals surface area contributed by atoms with E-state index in [2.05, 4.69) is 25.0 Å². The molecule has 0 aromatic carbocycles. The van der Waals surface area contributed by atoms with Crippen LogP contribution in [0.1, 0.15) is 26.4 Å². The normalized spacial score (nSPS) is 11.2. The minimum atomic E-state index is -4.81. The van der Waals surface area contributed by atoms with Gasteiger partial charge in [0.2, 0.25) is 0 Å². The Balaban J connectivity index is 2.27. The number of aromatic nitrogens is 3. The molecule has 0 saturated carbocycles. The van der Waals surface area contributed by atoms with Crippen LogP contribution in [0.3, 0.4) is 0 Å². The standard InChI is InChI=1S/C21H16F5N5O5S/c1-35-18(32)10-3-9(4-27-5-10)11-6-28-16(31-20(34)29-7-13(22)23)15(19(33)36-2)14(11)17-30-12(8-37-17)21(24,25)26/h3-6,8,13H,7H2,1-2H3,(H2,28,29,31,34). The molecule has 0 spiro atoms. The minimum absolute atomic E-state index is 0.000246. The number of amides is 2. The average Bonchev–Trinajstić information content (AvgIpc) is 3.37. The summed E-state index contributed by atoms with van der Waals surface area (Å²) in [6.07, 6.45) is -4.18. The Kier molecular flexibility index (Phi) is 8.31. The van der Waals surface area contributed by atoms with E-state index in [-0.39, 0.29) is 27.3 Å². The first-order valence-corrected chi connectivity index (χ1v) is 10.8. The van der Waals surface area contributed by atoms with Crippen LogP contribution in [0, 0.1) is 0 Å². The molecule has 10 nitrogen and oxygen atoms in total. The lowest BCUT2D eigenvalue weighted by Crippen LogP contribution is -2.33. The third-order valence-corrected chi connectivity index (χ3v) is 5.46. The Bertz CT molecular complexity index is 1330. The molecule has 196 valence electrons. The molecule has 3 aromatic rings. The second-order valence-electron chi connectivity index (χ2n) is 6.98. The first-order valence-electron chi connectivity index (χ1n) is 9.97. The third-order valence-electron chi connectivity index (χ3n) is 4.60. The van der Waals surface area contributed by atoms with E-state index in [0.717, 1.165) is 20.4 Å². The lowest BCUT2D eigenvalue weighted by Gasteiger charge is -2.16. The lowest BCUT2D eigenvalue weighted by atomic mass is 9.97. The van der Waals surface area contributed by atoms with Gasteiger partial charge in [0.25, 0.3) is 6.43 Å². The number of alkyl halides is 5. The number of hydrogen-bond acceptors (Lipinski definition) is 9. The molecule has 0 aliphatic heterocycles. The molecule has 2 N–H and O–H groups in total. The van der Waals surface area contributed by atoms with Gasteiger partial charge in [-0.2, -0.15) is 13.2 Å². The fourth-order valence-corrected chi connectivity index (χ4v) is 3.90. The monoisotopic (exact) mass is 545 g/mol. The van der Waals surface area contributed by atoms with Crippen LogP contribution in [0.4, 0.5) is 32.6 Å². The molecule has 0 atom stereocenters. The summed E-state index contributed by atoms with van der Waals surface area (Å²) in [6.45, 7) is -1.02. The van der Waals surface area contributed by atoms with E-state index >= 15 is 0 Å². The molecule has 3 rings (SSSR count). The Morgan fingerprint density at radius 2 is 1.78 bits per heavy atom. The fraction of sp³-hybridized carbons (Fsp3) is 0.238. The van der Waals surface area contributed by atoms with Crippen LogP contribution in [0.15, 0.2) is 30.0 Å². The predicted molar refractivity (Wildman–Crippen MR) is 119 cm³/mol. The quantitative estimate of drug-likeness (QED) is 0.333. The zero-order valence-electron chi connectivity index (χ0n) is 18.9. The highest BCUT2D eigenvalue weighted by molar-refractivity contribution is 7.13. The highest BCUT2D eigenvalue weighted by atomic mass is 32.1. The fourth-order valence-electron chi connectivity index (χ4n) is 3.00. The highest BCUT2D eigenvalue weighted by Crippen LogP contribution is 2.41. The number of hydrogen-bond donors (Lipinski definition) is 2. The largest absolute Gasteiger partial charge is 0.465 e. The van der Waals surface area contributed by atoms with Gasteiger partial charge in [-0.1, -0.05) is 0 Å². The van der Waals surface area contributed by atoms with Gasteiger partial charge in [-0.25, -0.2) is 33.1 Å². The summed E-state index contributed by atoms with van der Waals surface area (Å²) in [5.41, 5.74) is -1.90. The molecule has 0 aliphatic carbocycles. The van der Waals surface area contributed by atoms with E-state index in [1.165, 1.54) is 18.5 Å². The van der Waals surface area contributed by atoms with Crippen molar-refractivity contribution in [2.24, 2.45) is 0 Å². The van der Waals surface area contributed by atoms with Crippen LogP contribution >= 0.6 is 11.3 Å². The maximum atomic E-state index is 13.3. The molecule has 0 radical (unpaired) electrons. The Morgan fingerprint density at radius 1 is 1.08 bits per heavy atom. The minimum Gasteiger partial charge on any atom is -0.465 e. The Hall–Kier alpha value is -4.21. The van der Waals surface area contributed by atoms with Gasteiger partial charge < -0.3 is 14.8 Å². The molecule has 37 heavy (non-hydrogen) atoms. The number of anilines is 1. The summed E-state index contributed by atoms with van der Waals surface area (Å²) in [5, 5.41) is 4.37. The first-order chi connectivity index (χ1) is 17.5. The number of nitrogens with one attached hydrogen (secondary N) is 2. The van der Waals surface area contributed by atoms with Crippen molar-refractivity contribution in [3.05, 3.63) is 46.9 Å². The Labute approximate surface area is 208 Å². The zero-order chi connectivity index (χ0) is 27.3. The molecule has 0 saturated heterocycles. The van der Waals surface area contributed by atoms with Gasteiger partial charge in [0.05, 0.1) is 26.3 Å². The van der Waals surface area contributed by atoms with Crippen molar-refractivity contribution in [1.82, 2.24) is 20.3 Å². The van der Waals surface area contributed by atoms with Gasteiger partial charge in [-0.3, -0.25) is 10.3 Å². The summed E-state index contributed by atoms with van der Waals surface area (Å²) in [5.74, 6) is -2.40. The maximum Gasteiger partial charge on any atom is 0.434 e. The predicted octanol–water partition coefficient (Wildman–Crippen LogP) is 4.25. The zero-order valence-corrected chi connectivity index (χ0v) is 19.7. The van der Waals surface area contributed by atoms with Crippen LogP contribution in [-0.4, -0.2) is 60.1 Å². The van der Waals surface area contributed by atoms with Crippen LogP contribution in [0.2, 0.25) is 0 Å². The van der Waals surface area contributed by atoms with Crippen LogP contribution in [-0.2, 0) is 15.7 Å². The van der Waals surface area contributed by atoms with E-state index < -0.39 is 54.2 Å². The summed E-state index contributed by atoms with van der Waals surface area (Å²) in [4.78, 5) is 48.4. The van der Waals surface area contributed by atoms with E-state index in [9.17, 15) is 36.3 Å².